The summed E-state index contributed by atoms with van der Waals surface area (Å²) in [6.07, 6.45) is 3.70. The van der Waals surface area contributed by atoms with E-state index < -0.39 is 0 Å². The summed E-state index contributed by atoms with van der Waals surface area (Å²) in [6, 6.07) is 15.9. The third-order valence-corrected chi connectivity index (χ3v) is 4.07. The number of para-hydroxylation sites is 2. The zero-order valence-electron chi connectivity index (χ0n) is 13.2. The van der Waals surface area contributed by atoms with Gasteiger partial charge in [0.25, 0.3) is 0 Å². The molecule has 2 heterocycles. The zero-order valence-corrected chi connectivity index (χ0v) is 13.2. The van der Waals surface area contributed by atoms with Crippen molar-refractivity contribution >= 4 is 22.2 Å². The van der Waals surface area contributed by atoms with Crippen molar-refractivity contribution in [3.63, 3.8) is 0 Å². The molecular formula is C20H18N2O2. The molecule has 1 aliphatic heterocycles. The van der Waals surface area contributed by atoms with Gasteiger partial charge in [0.2, 0.25) is 0 Å². The van der Waals surface area contributed by atoms with Crippen LogP contribution in [0.3, 0.4) is 0 Å². The highest BCUT2D eigenvalue weighted by Crippen LogP contribution is 2.29. The molecule has 1 aromatic heterocycles. The lowest BCUT2D eigenvalue weighted by atomic mass is 10.1. The maximum absolute atomic E-state index is 6.03. The van der Waals surface area contributed by atoms with Crippen molar-refractivity contribution < 1.29 is 9.15 Å². The Balaban J connectivity index is 1.54. The van der Waals surface area contributed by atoms with Gasteiger partial charge in [0.15, 0.2) is 0 Å². The van der Waals surface area contributed by atoms with E-state index in [4.69, 9.17) is 9.15 Å². The molecule has 4 rings (SSSR count). The van der Waals surface area contributed by atoms with Gasteiger partial charge in [-0.3, -0.25) is 0 Å². The van der Waals surface area contributed by atoms with E-state index in [-0.39, 0.29) is 0 Å². The lowest BCUT2D eigenvalue weighted by Crippen LogP contribution is -2.14. The summed E-state index contributed by atoms with van der Waals surface area (Å²) in [7, 11) is 0. The summed E-state index contributed by atoms with van der Waals surface area (Å²) in [5, 5.41) is 7.49. The molecule has 24 heavy (non-hydrogen) atoms. The number of ether oxygens (including phenoxy) is 1. The molecule has 1 aliphatic rings. The summed E-state index contributed by atoms with van der Waals surface area (Å²) >= 11 is 0. The molecular weight excluding hydrogens is 300 g/mol. The molecule has 0 amide bonds. The highest BCUT2D eigenvalue weighted by Gasteiger charge is 2.13. The maximum Gasteiger partial charge on any atom is 0.134 e. The molecule has 0 spiro atoms. The fourth-order valence-electron chi connectivity index (χ4n) is 2.83. The quantitative estimate of drug-likeness (QED) is 0.747. The van der Waals surface area contributed by atoms with Gasteiger partial charge in [-0.05, 0) is 23.8 Å². The number of hydrogen-bond donors (Lipinski definition) is 2. The Morgan fingerprint density at radius 3 is 2.83 bits per heavy atom. The van der Waals surface area contributed by atoms with Crippen molar-refractivity contribution in [2.45, 2.75) is 0 Å². The summed E-state index contributed by atoms with van der Waals surface area (Å²) in [5.74, 6) is 0.828. The summed E-state index contributed by atoms with van der Waals surface area (Å²) in [4.78, 5) is 0. The molecule has 4 nitrogen and oxygen atoms in total. The van der Waals surface area contributed by atoms with Crippen LogP contribution in [0.2, 0.25) is 0 Å². The van der Waals surface area contributed by atoms with Crippen LogP contribution in [0, 0.1) is 0 Å². The van der Waals surface area contributed by atoms with Crippen LogP contribution >= 0.6 is 0 Å². The fraction of sp³-hybridized carbons (Fsp3) is 0.100. The number of furan rings is 1. The minimum atomic E-state index is 0.404. The van der Waals surface area contributed by atoms with Gasteiger partial charge in [0, 0.05) is 22.7 Å². The third kappa shape index (κ3) is 2.63. The largest absolute Gasteiger partial charge is 0.488 e. The van der Waals surface area contributed by atoms with Crippen molar-refractivity contribution in [1.82, 2.24) is 10.6 Å². The molecule has 0 saturated carbocycles. The van der Waals surface area contributed by atoms with E-state index in [0.717, 1.165) is 45.8 Å². The van der Waals surface area contributed by atoms with E-state index in [1.54, 1.807) is 6.26 Å². The van der Waals surface area contributed by atoms with Crippen LogP contribution in [-0.2, 0) is 0 Å². The Kier molecular flexibility index (Phi) is 3.71. The number of benzene rings is 2. The minimum absolute atomic E-state index is 0.404. The highest BCUT2D eigenvalue weighted by atomic mass is 16.5. The van der Waals surface area contributed by atoms with Gasteiger partial charge in [-0.2, -0.15) is 0 Å². The van der Waals surface area contributed by atoms with E-state index in [9.17, 15) is 0 Å². The Morgan fingerprint density at radius 2 is 1.96 bits per heavy atom. The molecule has 2 N–H and O–H groups in total. The highest BCUT2D eigenvalue weighted by molar-refractivity contribution is 5.90. The molecule has 120 valence electrons. The summed E-state index contributed by atoms with van der Waals surface area (Å²) < 4.78 is 11.6. The second-order valence-electron chi connectivity index (χ2n) is 5.65. The van der Waals surface area contributed by atoms with E-state index in [1.165, 1.54) is 0 Å². The van der Waals surface area contributed by atoms with Crippen molar-refractivity contribution in [1.29, 1.82) is 0 Å². The molecule has 0 bridgehead atoms. The molecule has 3 aromatic rings. The SMILES string of the molecule is C=C(COc1ccccc1C1=CNCN1)c1coc2ccccc12. The molecule has 0 atom stereocenters. The van der Waals surface area contributed by atoms with Crippen LogP contribution in [0.25, 0.3) is 22.2 Å². The van der Waals surface area contributed by atoms with Crippen LogP contribution in [-0.4, -0.2) is 13.3 Å². The first-order valence-corrected chi connectivity index (χ1v) is 7.87. The van der Waals surface area contributed by atoms with Gasteiger partial charge >= 0.3 is 0 Å². The van der Waals surface area contributed by atoms with E-state index in [2.05, 4.69) is 17.2 Å². The Bertz CT molecular complexity index is 924. The topological polar surface area (TPSA) is 46.4 Å². The third-order valence-electron chi connectivity index (χ3n) is 4.07. The molecule has 2 aromatic carbocycles. The molecule has 4 heteroatoms. The average Bonchev–Trinajstić information content (AvgIpc) is 3.29. The number of rotatable bonds is 5. The van der Waals surface area contributed by atoms with Gasteiger partial charge in [-0.15, -0.1) is 0 Å². The van der Waals surface area contributed by atoms with Crippen LogP contribution in [0.4, 0.5) is 0 Å². The predicted molar refractivity (Wildman–Crippen MR) is 96.3 cm³/mol. The van der Waals surface area contributed by atoms with Crippen LogP contribution in [0.5, 0.6) is 5.75 Å². The minimum Gasteiger partial charge on any atom is -0.488 e. The van der Waals surface area contributed by atoms with Crippen LogP contribution in [0.1, 0.15) is 11.1 Å². The van der Waals surface area contributed by atoms with Crippen molar-refractivity contribution in [3.8, 4) is 5.75 Å². The molecule has 0 aliphatic carbocycles. The first kappa shape index (κ1) is 14.5. The lowest BCUT2D eigenvalue weighted by Gasteiger charge is -2.13. The zero-order chi connectivity index (χ0) is 16.4. The Labute approximate surface area is 140 Å². The van der Waals surface area contributed by atoms with Gasteiger partial charge in [-0.1, -0.05) is 36.9 Å². The fourth-order valence-corrected chi connectivity index (χ4v) is 2.83. The van der Waals surface area contributed by atoms with Gasteiger partial charge in [0.1, 0.15) is 17.9 Å². The summed E-state index contributed by atoms with van der Waals surface area (Å²) in [6.45, 7) is 5.30. The van der Waals surface area contributed by atoms with Crippen molar-refractivity contribution in [2.75, 3.05) is 13.3 Å². The van der Waals surface area contributed by atoms with Gasteiger partial charge < -0.3 is 19.8 Å². The molecule has 0 radical (unpaired) electrons. The van der Waals surface area contributed by atoms with Gasteiger partial charge in [-0.25, -0.2) is 0 Å². The van der Waals surface area contributed by atoms with E-state index >= 15 is 0 Å². The molecule has 0 saturated heterocycles. The second kappa shape index (κ2) is 6.16. The predicted octanol–water partition coefficient (Wildman–Crippen LogP) is 3.97. The van der Waals surface area contributed by atoms with Crippen LogP contribution in [0.15, 0.2) is 72.0 Å². The Morgan fingerprint density at radius 1 is 1.12 bits per heavy atom. The average molecular weight is 318 g/mol. The maximum atomic E-state index is 6.03. The second-order valence-corrected chi connectivity index (χ2v) is 5.65. The monoisotopic (exact) mass is 318 g/mol. The van der Waals surface area contributed by atoms with Crippen molar-refractivity contribution in [3.05, 3.63) is 78.7 Å². The standard InChI is InChI=1S/C20H18N2O2/c1-14(17-12-24-19-8-4-2-6-15(17)19)11-23-20-9-5-3-7-16(20)18-10-21-13-22-18/h2-10,12,21-22H,1,11,13H2. The van der Waals surface area contributed by atoms with E-state index in [0.29, 0.717) is 6.61 Å². The first-order chi connectivity index (χ1) is 11.8. The first-order valence-electron chi connectivity index (χ1n) is 7.87. The normalized spacial score (nSPS) is 13.2. The molecule has 0 fully saturated rings. The summed E-state index contributed by atoms with van der Waals surface area (Å²) in [5.41, 5.74) is 4.81. The number of fused-ring (bicyclic) bond motifs is 1. The smallest absolute Gasteiger partial charge is 0.134 e. The number of hydrogen-bond acceptors (Lipinski definition) is 4. The van der Waals surface area contributed by atoms with Crippen molar-refractivity contribution in [2.24, 2.45) is 0 Å². The number of nitrogens with one attached hydrogen (secondary N) is 2. The van der Waals surface area contributed by atoms with Crippen LogP contribution < -0.4 is 15.4 Å². The lowest BCUT2D eigenvalue weighted by molar-refractivity contribution is 0.368. The van der Waals surface area contributed by atoms with E-state index in [1.807, 2.05) is 54.7 Å². The molecule has 0 unspecified atom stereocenters. The van der Waals surface area contributed by atoms with Gasteiger partial charge in [0.05, 0.1) is 18.6 Å². The Hall–Kier alpha value is -3.14.